The Balaban J connectivity index is 0.000000187. The summed E-state index contributed by atoms with van der Waals surface area (Å²) >= 11 is 0. The Kier molecular flexibility index (Phi) is 11.0. The maximum Gasteiger partial charge on any atom is 3.00 e. The minimum Gasteiger partial charge on any atom is -0.436 e. The first-order valence-electron chi connectivity index (χ1n) is 16.0. The maximum absolute atomic E-state index is 4.66. The summed E-state index contributed by atoms with van der Waals surface area (Å²) in [6.45, 7) is 13.9. The summed E-state index contributed by atoms with van der Waals surface area (Å²) in [7, 11) is 0.350. The van der Waals surface area contributed by atoms with E-state index in [2.05, 4.69) is 165 Å². The van der Waals surface area contributed by atoms with Gasteiger partial charge in [-0.1, -0.05) is 93.5 Å². The van der Waals surface area contributed by atoms with Crippen LogP contribution in [0.25, 0.3) is 11.4 Å². The predicted molar refractivity (Wildman–Crippen MR) is 200 cm³/mol. The van der Waals surface area contributed by atoms with E-state index in [1.807, 2.05) is 36.5 Å². The average Bonchev–Trinajstić information content (AvgIpc) is 3.59. The van der Waals surface area contributed by atoms with Crippen molar-refractivity contribution in [3.63, 3.8) is 0 Å². The first-order valence-corrected chi connectivity index (χ1v) is 18.0. The SMILES string of the molecule is CC(C)c1cccc(C(C)C)c1B1N(C)c2ccc[c-]c2-c2nccn21.[CH2-][P+](c1[c-]cccc1)(c1ccccc1)c1ccccc1.[Ir+3]. The molecule has 0 spiro atoms. The monoisotopic (exact) mass is 810 g/mol. The van der Waals surface area contributed by atoms with Crippen LogP contribution in [0.4, 0.5) is 5.69 Å². The molecule has 1 aromatic heterocycles. The van der Waals surface area contributed by atoms with Gasteiger partial charge in [0.1, 0.15) is 0 Å². The molecule has 0 aliphatic carbocycles. The first kappa shape index (κ1) is 34.6. The number of aromatic nitrogens is 2. The molecule has 7 rings (SSSR count). The quantitative estimate of drug-likeness (QED) is 0.0972. The average molecular weight is 810 g/mol. The molecule has 0 bridgehead atoms. The molecule has 0 unspecified atom stereocenters. The Morgan fingerprint density at radius 1 is 0.702 bits per heavy atom. The van der Waals surface area contributed by atoms with Gasteiger partial charge in [-0.25, -0.2) is 0 Å². The van der Waals surface area contributed by atoms with Crippen molar-refractivity contribution in [2.75, 3.05) is 11.9 Å². The first-order chi connectivity index (χ1) is 22.3. The van der Waals surface area contributed by atoms with Gasteiger partial charge >= 0.3 is 27.1 Å². The molecule has 0 saturated carbocycles. The smallest absolute Gasteiger partial charge is 0.436 e. The van der Waals surface area contributed by atoms with Gasteiger partial charge in [-0.3, -0.25) is 4.98 Å². The number of hydrogen-bond acceptors (Lipinski definition) is 2. The number of rotatable bonds is 6. The van der Waals surface area contributed by atoms with E-state index < -0.39 is 7.26 Å². The third-order valence-corrected chi connectivity index (χ3v) is 12.4. The fourth-order valence-electron chi connectivity index (χ4n) is 6.58. The van der Waals surface area contributed by atoms with Gasteiger partial charge in [0.25, 0.3) is 0 Å². The van der Waals surface area contributed by atoms with Gasteiger partial charge < -0.3 is 9.29 Å². The summed E-state index contributed by atoms with van der Waals surface area (Å²) in [6, 6.07) is 49.1. The number of imidazole rings is 1. The molecule has 2 heterocycles. The zero-order valence-electron chi connectivity index (χ0n) is 27.8. The van der Waals surface area contributed by atoms with Crippen molar-refractivity contribution < 1.29 is 20.1 Å². The number of hydrogen-bond donors (Lipinski definition) is 0. The van der Waals surface area contributed by atoms with Crippen LogP contribution >= 0.6 is 7.26 Å². The van der Waals surface area contributed by atoms with Gasteiger partial charge in [-0.15, -0.1) is 36.4 Å². The maximum atomic E-state index is 4.66. The number of nitrogens with zero attached hydrogens (tertiary/aromatic N) is 3. The molecule has 0 saturated heterocycles. The van der Waals surface area contributed by atoms with Crippen molar-refractivity contribution in [1.82, 2.24) is 9.46 Å². The van der Waals surface area contributed by atoms with Crippen LogP contribution in [0.1, 0.15) is 50.7 Å². The molecule has 0 amide bonds. The third kappa shape index (κ3) is 6.68. The second-order valence-corrected chi connectivity index (χ2v) is 15.6. The number of fused-ring (bicyclic) bond motifs is 3. The van der Waals surface area contributed by atoms with E-state index in [1.54, 1.807) is 0 Å². The Morgan fingerprint density at radius 3 is 1.83 bits per heavy atom. The molecule has 1 aliphatic heterocycles. The summed E-state index contributed by atoms with van der Waals surface area (Å²) in [5.74, 6) is 1.93. The normalized spacial score (nSPS) is 12.2. The predicted octanol–water partition coefficient (Wildman–Crippen LogP) is 7.86. The minimum absolute atomic E-state index is 0. The van der Waals surface area contributed by atoms with Crippen LogP contribution in [0, 0.1) is 18.8 Å². The Labute approximate surface area is 295 Å². The second kappa shape index (κ2) is 15.0. The largest absolute Gasteiger partial charge is 3.00 e. The summed E-state index contributed by atoms with van der Waals surface area (Å²) in [5.41, 5.74) is 6.50. The molecule has 0 atom stereocenters. The minimum atomic E-state index is -1.83. The van der Waals surface area contributed by atoms with E-state index in [1.165, 1.54) is 38.2 Å². The van der Waals surface area contributed by atoms with E-state index in [9.17, 15) is 0 Å². The molecule has 236 valence electrons. The van der Waals surface area contributed by atoms with Crippen LogP contribution in [0.5, 0.6) is 0 Å². The van der Waals surface area contributed by atoms with Crippen molar-refractivity contribution in [2.45, 2.75) is 39.5 Å². The van der Waals surface area contributed by atoms with E-state index >= 15 is 0 Å². The summed E-state index contributed by atoms with van der Waals surface area (Å²) in [4.78, 5) is 7.03. The summed E-state index contributed by atoms with van der Waals surface area (Å²) in [6.07, 6.45) is 4.00. The Bertz CT molecular complexity index is 1770. The molecular formula is C41H41BIrN3P+. The third-order valence-electron chi connectivity index (χ3n) is 8.91. The van der Waals surface area contributed by atoms with Crippen LogP contribution < -0.4 is 26.2 Å². The standard InChI is InChI=1S/C22H25BN3.C19H16P.Ir/c1-15(2)17-10-8-11-18(16(3)4)21(17)23-25(5)20-12-7-6-9-19(20)22-24-13-14-26(22)23;1-20(17-11-5-2-6-12-17,18-13-7-3-8-14-18)19-15-9-4-10-16-19;/h6-8,10-16H,1-5H3;2-15H,1H2;/q2*-1;+3. The van der Waals surface area contributed by atoms with Crippen LogP contribution in [0.2, 0.25) is 0 Å². The van der Waals surface area contributed by atoms with Crippen molar-refractivity contribution in [1.29, 1.82) is 0 Å². The fraction of sp³-hybridized carbons (Fsp3) is 0.171. The molecule has 0 radical (unpaired) electrons. The zero-order chi connectivity index (χ0) is 32.3. The van der Waals surface area contributed by atoms with E-state index in [0.717, 1.165) is 11.4 Å². The van der Waals surface area contributed by atoms with Gasteiger partial charge in [-0.05, 0) is 72.3 Å². The molecule has 47 heavy (non-hydrogen) atoms. The van der Waals surface area contributed by atoms with E-state index in [0.29, 0.717) is 11.8 Å². The van der Waals surface area contributed by atoms with Crippen LogP contribution in [0.15, 0.2) is 134 Å². The van der Waals surface area contributed by atoms with Gasteiger partial charge in [0, 0.05) is 18.2 Å². The van der Waals surface area contributed by atoms with Gasteiger partial charge in [0.05, 0.1) is 10.6 Å². The molecule has 0 N–H and O–H groups in total. The Hall–Kier alpha value is -3.75. The van der Waals surface area contributed by atoms with Gasteiger partial charge in [0.2, 0.25) is 0 Å². The van der Waals surface area contributed by atoms with E-state index in [4.69, 9.17) is 0 Å². The molecule has 1 aliphatic rings. The molecule has 6 aromatic rings. The van der Waals surface area contributed by atoms with Crippen molar-refractivity contribution in [3.05, 3.63) is 164 Å². The van der Waals surface area contributed by atoms with Gasteiger partial charge in [0.15, 0.2) is 0 Å². The molecule has 3 nitrogen and oxygen atoms in total. The van der Waals surface area contributed by atoms with Crippen molar-refractivity contribution in [2.24, 2.45) is 0 Å². The molecule has 5 aromatic carbocycles. The Morgan fingerprint density at radius 2 is 1.28 bits per heavy atom. The molecule has 0 fully saturated rings. The summed E-state index contributed by atoms with van der Waals surface area (Å²) in [5, 5.41) is 3.76. The molecule has 6 heteroatoms. The fourth-order valence-corrected chi connectivity index (χ4v) is 9.43. The van der Waals surface area contributed by atoms with E-state index in [-0.39, 0.29) is 27.1 Å². The topological polar surface area (TPSA) is 21.1 Å². The van der Waals surface area contributed by atoms with Crippen LogP contribution in [0.3, 0.4) is 0 Å². The van der Waals surface area contributed by atoms with Crippen LogP contribution in [-0.2, 0) is 20.1 Å². The molecular weight excluding hydrogens is 768 g/mol. The van der Waals surface area contributed by atoms with Crippen molar-refractivity contribution >= 4 is 41.3 Å². The number of benzene rings is 5. The summed E-state index contributed by atoms with van der Waals surface area (Å²) < 4.78 is 2.30. The van der Waals surface area contributed by atoms with Crippen molar-refractivity contribution in [3.8, 4) is 11.4 Å². The van der Waals surface area contributed by atoms with Gasteiger partial charge in [-0.2, -0.15) is 24.9 Å². The zero-order valence-corrected chi connectivity index (χ0v) is 31.1. The number of anilines is 1. The van der Waals surface area contributed by atoms with Crippen LogP contribution in [-0.4, -0.2) is 23.5 Å². The second-order valence-electron chi connectivity index (χ2n) is 12.5.